The first kappa shape index (κ1) is 14.8. The fourth-order valence-electron chi connectivity index (χ4n) is 1.75. The molecular formula is C14H21Cl2N. The highest BCUT2D eigenvalue weighted by Gasteiger charge is 2.07. The summed E-state index contributed by atoms with van der Waals surface area (Å²) in [5.41, 5.74) is 1.18. The summed E-state index contributed by atoms with van der Waals surface area (Å²) in [4.78, 5) is 0. The van der Waals surface area contributed by atoms with E-state index in [4.69, 9.17) is 23.2 Å². The molecule has 0 saturated heterocycles. The van der Waals surface area contributed by atoms with E-state index in [1.807, 2.05) is 18.2 Å². The number of nitrogens with one attached hydrogen (secondary N) is 1. The minimum Gasteiger partial charge on any atom is -0.316 e. The molecule has 1 atom stereocenters. The summed E-state index contributed by atoms with van der Waals surface area (Å²) in [5.74, 6) is 1.27. The van der Waals surface area contributed by atoms with Gasteiger partial charge in [0.2, 0.25) is 0 Å². The number of halogens is 2. The molecule has 0 fully saturated rings. The summed E-state index contributed by atoms with van der Waals surface area (Å²) in [6.45, 7) is 8.76. The van der Waals surface area contributed by atoms with E-state index >= 15 is 0 Å². The topological polar surface area (TPSA) is 12.0 Å². The van der Waals surface area contributed by atoms with Crippen LogP contribution in [0.2, 0.25) is 10.0 Å². The Balaban J connectivity index is 2.42. The summed E-state index contributed by atoms with van der Waals surface area (Å²) in [7, 11) is 0. The van der Waals surface area contributed by atoms with Gasteiger partial charge >= 0.3 is 0 Å². The van der Waals surface area contributed by atoms with Crippen LogP contribution in [0.25, 0.3) is 0 Å². The Kier molecular flexibility index (Phi) is 6.32. The average Bonchev–Trinajstić information content (AvgIpc) is 2.21. The first-order chi connectivity index (χ1) is 7.99. The molecule has 1 rings (SSSR count). The van der Waals surface area contributed by atoms with Crippen LogP contribution in [0.5, 0.6) is 0 Å². The predicted octanol–water partition coefficient (Wildman–Crippen LogP) is 4.42. The Morgan fingerprint density at radius 1 is 1.12 bits per heavy atom. The largest absolute Gasteiger partial charge is 0.316 e. The molecule has 96 valence electrons. The molecule has 0 aromatic heterocycles. The summed E-state index contributed by atoms with van der Waals surface area (Å²) < 4.78 is 0. The molecule has 1 aromatic carbocycles. The molecule has 0 amide bonds. The van der Waals surface area contributed by atoms with Crippen LogP contribution >= 0.6 is 23.2 Å². The first-order valence-electron chi connectivity index (χ1n) is 6.13. The number of benzene rings is 1. The second-order valence-electron chi connectivity index (χ2n) is 5.10. The van der Waals surface area contributed by atoms with Crippen molar-refractivity contribution in [1.29, 1.82) is 0 Å². The Labute approximate surface area is 115 Å². The van der Waals surface area contributed by atoms with Gasteiger partial charge in [0, 0.05) is 10.0 Å². The maximum atomic E-state index is 6.15. The number of hydrogen-bond donors (Lipinski definition) is 1. The van der Waals surface area contributed by atoms with E-state index in [1.165, 1.54) is 5.56 Å². The zero-order valence-electron chi connectivity index (χ0n) is 10.8. The molecular weight excluding hydrogens is 253 g/mol. The zero-order valence-corrected chi connectivity index (χ0v) is 12.3. The third-order valence-electron chi connectivity index (χ3n) is 2.63. The minimum absolute atomic E-state index is 0.576. The Bertz CT molecular complexity index is 350. The quantitative estimate of drug-likeness (QED) is 0.809. The molecule has 0 heterocycles. The van der Waals surface area contributed by atoms with Gasteiger partial charge < -0.3 is 5.32 Å². The Morgan fingerprint density at radius 3 is 2.41 bits per heavy atom. The summed E-state index contributed by atoms with van der Waals surface area (Å²) >= 11 is 12.0. The summed E-state index contributed by atoms with van der Waals surface area (Å²) in [6.07, 6.45) is 0.987. The zero-order chi connectivity index (χ0) is 12.8. The lowest BCUT2D eigenvalue weighted by Crippen LogP contribution is -2.26. The molecule has 17 heavy (non-hydrogen) atoms. The molecule has 1 nitrogen and oxygen atoms in total. The molecule has 1 unspecified atom stereocenters. The van der Waals surface area contributed by atoms with Crippen LogP contribution in [0.4, 0.5) is 0 Å². The lowest BCUT2D eigenvalue weighted by atomic mass is 10.0. The third-order valence-corrected chi connectivity index (χ3v) is 3.22. The van der Waals surface area contributed by atoms with Gasteiger partial charge in [-0.2, -0.15) is 0 Å². The van der Waals surface area contributed by atoms with Crippen LogP contribution in [-0.4, -0.2) is 13.1 Å². The van der Waals surface area contributed by atoms with Crippen LogP contribution in [0.1, 0.15) is 26.3 Å². The summed E-state index contributed by atoms with van der Waals surface area (Å²) in [6, 6.07) is 5.73. The van der Waals surface area contributed by atoms with E-state index < -0.39 is 0 Å². The van der Waals surface area contributed by atoms with Crippen LogP contribution in [0.3, 0.4) is 0 Å². The van der Waals surface area contributed by atoms with Crippen molar-refractivity contribution in [3.63, 3.8) is 0 Å². The van der Waals surface area contributed by atoms with Crippen molar-refractivity contribution < 1.29 is 0 Å². The molecule has 0 aliphatic carbocycles. The maximum Gasteiger partial charge on any atom is 0.0452 e. The third kappa shape index (κ3) is 5.76. The molecule has 3 heteroatoms. The second-order valence-corrected chi connectivity index (χ2v) is 5.94. The molecule has 0 aliphatic rings. The van der Waals surface area contributed by atoms with Crippen molar-refractivity contribution >= 4 is 23.2 Å². The SMILES string of the molecule is CC(C)CNCC(C)Cc1ccc(Cl)cc1Cl. The molecule has 0 aliphatic heterocycles. The molecule has 1 N–H and O–H groups in total. The van der Waals surface area contributed by atoms with Crippen molar-refractivity contribution in [1.82, 2.24) is 5.32 Å². The van der Waals surface area contributed by atoms with Crippen molar-refractivity contribution in [3.8, 4) is 0 Å². The van der Waals surface area contributed by atoms with Crippen LogP contribution in [-0.2, 0) is 6.42 Å². The van der Waals surface area contributed by atoms with Gasteiger partial charge in [0.1, 0.15) is 0 Å². The van der Waals surface area contributed by atoms with E-state index in [1.54, 1.807) is 0 Å². The monoisotopic (exact) mass is 273 g/mol. The van der Waals surface area contributed by atoms with Gasteiger partial charge in [0.05, 0.1) is 0 Å². The summed E-state index contributed by atoms with van der Waals surface area (Å²) in [5, 5.41) is 4.94. The first-order valence-corrected chi connectivity index (χ1v) is 6.89. The Hall–Kier alpha value is -0.240. The van der Waals surface area contributed by atoms with Crippen LogP contribution in [0, 0.1) is 11.8 Å². The maximum absolute atomic E-state index is 6.15. The molecule has 1 aromatic rings. The number of hydrogen-bond acceptors (Lipinski definition) is 1. The van der Waals surface area contributed by atoms with Crippen molar-refractivity contribution in [2.24, 2.45) is 11.8 Å². The second kappa shape index (κ2) is 7.25. The van der Waals surface area contributed by atoms with E-state index in [0.717, 1.165) is 24.5 Å². The lowest BCUT2D eigenvalue weighted by molar-refractivity contribution is 0.473. The number of rotatable bonds is 6. The van der Waals surface area contributed by atoms with Gasteiger partial charge in [-0.3, -0.25) is 0 Å². The fourth-order valence-corrected chi connectivity index (χ4v) is 2.24. The highest BCUT2D eigenvalue weighted by Crippen LogP contribution is 2.23. The Morgan fingerprint density at radius 2 is 1.82 bits per heavy atom. The van der Waals surface area contributed by atoms with E-state index in [2.05, 4.69) is 26.1 Å². The van der Waals surface area contributed by atoms with Crippen molar-refractivity contribution in [2.75, 3.05) is 13.1 Å². The van der Waals surface area contributed by atoms with Gasteiger partial charge in [-0.15, -0.1) is 0 Å². The van der Waals surface area contributed by atoms with Crippen molar-refractivity contribution in [2.45, 2.75) is 27.2 Å². The highest BCUT2D eigenvalue weighted by atomic mass is 35.5. The standard InChI is InChI=1S/C14H21Cl2N/c1-10(2)8-17-9-11(3)6-12-4-5-13(15)7-14(12)16/h4-5,7,10-11,17H,6,8-9H2,1-3H3. The van der Waals surface area contributed by atoms with E-state index in [0.29, 0.717) is 16.9 Å². The normalized spacial score (nSPS) is 13.1. The average molecular weight is 274 g/mol. The fraction of sp³-hybridized carbons (Fsp3) is 0.571. The van der Waals surface area contributed by atoms with E-state index in [-0.39, 0.29) is 0 Å². The van der Waals surface area contributed by atoms with E-state index in [9.17, 15) is 0 Å². The highest BCUT2D eigenvalue weighted by molar-refractivity contribution is 6.35. The molecule has 0 spiro atoms. The van der Waals surface area contributed by atoms with Gasteiger partial charge in [0.15, 0.2) is 0 Å². The van der Waals surface area contributed by atoms with Gasteiger partial charge in [0.25, 0.3) is 0 Å². The smallest absolute Gasteiger partial charge is 0.0452 e. The van der Waals surface area contributed by atoms with Crippen LogP contribution in [0.15, 0.2) is 18.2 Å². The molecule has 0 radical (unpaired) electrons. The molecule has 0 bridgehead atoms. The minimum atomic E-state index is 0.576. The lowest BCUT2D eigenvalue weighted by Gasteiger charge is -2.15. The molecule has 0 saturated carbocycles. The van der Waals surface area contributed by atoms with Crippen LogP contribution < -0.4 is 5.32 Å². The van der Waals surface area contributed by atoms with Gasteiger partial charge in [-0.25, -0.2) is 0 Å². The predicted molar refractivity (Wildman–Crippen MR) is 77.0 cm³/mol. The van der Waals surface area contributed by atoms with Gasteiger partial charge in [-0.1, -0.05) is 50.0 Å². The van der Waals surface area contributed by atoms with Crippen molar-refractivity contribution in [3.05, 3.63) is 33.8 Å². The van der Waals surface area contributed by atoms with Gasteiger partial charge in [-0.05, 0) is 49.0 Å².